The van der Waals surface area contributed by atoms with Crippen molar-refractivity contribution in [3.05, 3.63) is 29.8 Å². The fraction of sp³-hybridized carbons (Fsp3) is 0.462. The van der Waals surface area contributed by atoms with Crippen LogP contribution in [-0.2, 0) is 11.3 Å². The minimum absolute atomic E-state index is 0.00912. The van der Waals surface area contributed by atoms with E-state index in [9.17, 15) is 4.79 Å². The Morgan fingerprint density at radius 1 is 1.41 bits per heavy atom. The molecule has 0 bridgehead atoms. The summed E-state index contributed by atoms with van der Waals surface area (Å²) in [6.07, 6.45) is 0. The molecule has 0 aromatic heterocycles. The second-order valence-corrected chi connectivity index (χ2v) is 4.14. The number of carbonyl (C=O) groups excluding carboxylic acids is 1. The van der Waals surface area contributed by atoms with Crippen molar-refractivity contribution in [1.82, 2.24) is 4.90 Å². The van der Waals surface area contributed by atoms with Gasteiger partial charge in [-0.15, -0.1) is 0 Å². The third-order valence-electron chi connectivity index (χ3n) is 3.00. The number of nitrogens with zero attached hydrogens (tertiary/aromatic N) is 1. The van der Waals surface area contributed by atoms with Gasteiger partial charge in [0.15, 0.2) is 0 Å². The SMILES string of the molecule is CCN(C)C(C)C(=O)Nc1ccc(CN)cc1. The maximum Gasteiger partial charge on any atom is 0.241 e. The number of nitrogens with one attached hydrogen (secondary N) is 1. The lowest BCUT2D eigenvalue weighted by Gasteiger charge is -2.22. The number of nitrogens with two attached hydrogens (primary N) is 1. The molecule has 1 unspecified atom stereocenters. The highest BCUT2D eigenvalue weighted by atomic mass is 16.2. The average molecular weight is 235 g/mol. The molecule has 0 spiro atoms. The zero-order valence-corrected chi connectivity index (χ0v) is 10.7. The molecule has 1 aromatic carbocycles. The van der Waals surface area contributed by atoms with E-state index in [0.29, 0.717) is 6.54 Å². The van der Waals surface area contributed by atoms with Gasteiger partial charge < -0.3 is 11.1 Å². The summed E-state index contributed by atoms with van der Waals surface area (Å²) in [6.45, 7) is 5.29. The molecule has 0 aliphatic heterocycles. The van der Waals surface area contributed by atoms with Crippen molar-refractivity contribution in [1.29, 1.82) is 0 Å². The first-order valence-corrected chi connectivity index (χ1v) is 5.88. The molecule has 17 heavy (non-hydrogen) atoms. The second-order valence-electron chi connectivity index (χ2n) is 4.14. The Morgan fingerprint density at radius 2 is 2.00 bits per heavy atom. The maximum absolute atomic E-state index is 11.9. The van der Waals surface area contributed by atoms with E-state index >= 15 is 0 Å². The minimum atomic E-state index is -0.130. The lowest BCUT2D eigenvalue weighted by atomic mass is 10.2. The maximum atomic E-state index is 11.9. The summed E-state index contributed by atoms with van der Waals surface area (Å²) < 4.78 is 0. The van der Waals surface area contributed by atoms with E-state index in [1.165, 1.54) is 0 Å². The van der Waals surface area contributed by atoms with E-state index < -0.39 is 0 Å². The van der Waals surface area contributed by atoms with Gasteiger partial charge >= 0.3 is 0 Å². The lowest BCUT2D eigenvalue weighted by Crippen LogP contribution is -2.39. The van der Waals surface area contributed by atoms with E-state index in [4.69, 9.17) is 5.73 Å². The van der Waals surface area contributed by atoms with Crippen LogP contribution in [0, 0.1) is 0 Å². The molecular weight excluding hydrogens is 214 g/mol. The van der Waals surface area contributed by atoms with Gasteiger partial charge in [0.05, 0.1) is 6.04 Å². The van der Waals surface area contributed by atoms with E-state index in [0.717, 1.165) is 17.8 Å². The van der Waals surface area contributed by atoms with E-state index in [2.05, 4.69) is 5.32 Å². The van der Waals surface area contributed by atoms with E-state index in [1.807, 2.05) is 50.1 Å². The fourth-order valence-corrected chi connectivity index (χ4v) is 1.44. The summed E-state index contributed by atoms with van der Waals surface area (Å²) in [7, 11) is 1.93. The van der Waals surface area contributed by atoms with Crippen LogP contribution in [0.3, 0.4) is 0 Å². The summed E-state index contributed by atoms with van der Waals surface area (Å²) in [5.74, 6) is 0.00912. The van der Waals surface area contributed by atoms with Crippen molar-refractivity contribution < 1.29 is 4.79 Å². The second kappa shape index (κ2) is 6.37. The smallest absolute Gasteiger partial charge is 0.241 e. The summed E-state index contributed by atoms with van der Waals surface area (Å²) in [4.78, 5) is 13.9. The number of benzene rings is 1. The topological polar surface area (TPSA) is 58.4 Å². The van der Waals surface area contributed by atoms with Crippen molar-refractivity contribution in [2.75, 3.05) is 18.9 Å². The van der Waals surface area contributed by atoms with Crippen molar-refractivity contribution in [3.63, 3.8) is 0 Å². The van der Waals surface area contributed by atoms with Crippen molar-refractivity contribution in [2.45, 2.75) is 26.4 Å². The number of hydrogen-bond acceptors (Lipinski definition) is 3. The Bertz CT molecular complexity index is 361. The van der Waals surface area contributed by atoms with Crippen LogP contribution in [0.1, 0.15) is 19.4 Å². The van der Waals surface area contributed by atoms with Crippen LogP contribution < -0.4 is 11.1 Å². The molecule has 0 radical (unpaired) electrons. The molecule has 3 N–H and O–H groups in total. The number of rotatable bonds is 5. The first-order valence-electron chi connectivity index (χ1n) is 5.88. The normalized spacial score (nSPS) is 12.5. The number of hydrogen-bond donors (Lipinski definition) is 2. The van der Waals surface area contributed by atoms with Gasteiger partial charge in [-0.1, -0.05) is 19.1 Å². The van der Waals surface area contributed by atoms with E-state index in [-0.39, 0.29) is 11.9 Å². The number of likely N-dealkylation sites (N-methyl/N-ethyl adjacent to an activating group) is 1. The largest absolute Gasteiger partial charge is 0.326 e. The van der Waals surface area contributed by atoms with Gasteiger partial charge in [-0.2, -0.15) is 0 Å². The predicted molar refractivity (Wildman–Crippen MR) is 70.7 cm³/mol. The molecule has 0 aliphatic carbocycles. The molecule has 0 heterocycles. The van der Waals surface area contributed by atoms with Gasteiger partial charge in [-0.05, 0) is 38.2 Å². The Kier molecular flexibility index (Phi) is 5.12. The molecule has 0 aliphatic rings. The van der Waals surface area contributed by atoms with Crippen molar-refractivity contribution >= 4 is 11.6 Å². The van der Waals surface area contributed by atoms with Gasteiger partial charge in [0.1, 0.15) is 0 Å². The zero-order valence-electron chi connectivity index (χ0n) is 10.7. The van der Waals surface area contributed by atoms with Crippen LogP contribution in [-0.4, -0.2) is 30.4 Å². The average Bonchev–Trinajstić information content (AvgIpc) is 2.37. The third-order valence-corrected chi connectivity index (χ3v) is 3.00. The van der Waals surface area contributed by atoms with Crippen LogP contribution in [0.25, 0.3) is 0 Å². The number of carbonyl (C=O) groups is 1. The van der Waals surface area contributed by atoms with Crippen LogP contribution in [0.4, 0.5) is 5.69 Å². The van der Waals surface area contributed by atoms with Crippen LogP contribution in [0.2, 0.25) is 0 Å². The molecule has 1 amide bonds. The Labute approximate surface area is 103 Å². The number of amides is 1. The van der Waals surface area contributed by atoms with Gasteiger partial charge in [-0.25, -0.2) is 0 Å². The Morgan fingerprint density at radius 3 is 2.47 bits per heavy atom. The van der Waals surface area contributed by atoms with Crippen LogP contribution in [0.5, 0.6) is 0 Å². The highest BCUT2D eigenvalue weighted by molar-refractivity contribution is 5.94. The third kappa shape index (κ3) is 3.84. The van der Waals surface area contributed by atoms with Gasteiger partial charge in [0, 0.05) is 12.2 Å². The molecule has 1 aromatic rings. The van der Waals surface area contributed by atoms with Gasteiger partial charge in [-0.3, -0.25) is 9.69 Å². The highest BCUT2D eigenvalue weighted by Crippen LogP contribution is 2.10. The molecule has 0 saturated heterocycles. The molecule has 4 heteroatoms. The monoisotopic (exact) mass is 235 g/mol. The first-order chi connectivity index (χ1) is 8.08. The van der Waals surface area contributed by atoms with Crippen LogP contribution >= 0.6 is 0 Å². The molecule has 4 nitrogen and oxygen atoms in total. The highest BCUT2D eigenvalue weighted by Gasteiger charge is 2.16. The standard InChI is InChI=1S/C13H21N3O/c1-4-16(3)10(2)13(17)15-12-7-5-11(9-14)6-8-12/h5-8,10H,4,9,14H2,1-3H3,(H,15,17). The summed E-state index contributed by atoms with van der Waals surface area (Å²) >= 11 is 0. The minimum Gasteiger partial charge on any atom is -0.326 e. The molecule has 1 rings (SSSR count). The number of anilines is 1. The summed E-state index contributed by atoms with van der Waals surface area (Å²) in [6, 6.07) is 7.46. The van der Waals surface area contributed by atoms with Crippen LogP contribution in [0.15, 0.2) is 24.3 Å². The van der Waals surface area contributed by atoms with Crippen molar-refractivity contribution in [2.24, 2.45) is 5.73 Å². The molecule has 94 valence electrons. The zero-order chi connectivity index (χ0) is 12.8. The predicted octanol–water partition coefficient (Wildman–Crippen LogP) is 1.42. The van der Waals surface area contributed by atoms with Gasteiger partial charge in [0.2, 0.25) is 5.91 Å². The summed E-state index contributed by atoms with van der Waals surface area (Å²) in [5, 5.41) is 2.89. The van der Waals surface area contributed by atoms with Gasteiger partial charge in [0.25, 0.3) is 0 Å². The Hall–Kier alpha value is -1.39. The quantitative estimate of drug-likeness (QED) is 0.811. The molecule has 1 atom stereocenters. The molecule has 0 saturated carbocycles. The fourth-order valence-electron chi connectivity index (χ4n) is 1.44. The molecular formula is C13H21N3O. The Balaban J connectivity index is 2.61. The lowest BCUT2D eigenvalue weighted by molar-refractivity contribution is -0.120. The summed E-state index contributed by atoms with van der Waals surface area (Å²) in [5.41, 5.74) is 7.38. The molecule has 0 fully saturated rings. The van der Waals surface area contributed by atoms with Crippen molar-refractivity contribution in [3.8, 4) is 0 Å². The van der Waals surface area contributed by atoms with E-state index in [1.54, 1.807) is 0 Å². The first kappa shape index (κ1) is 13.7.